The van der Waals surface area contributed by atoms with Crippen molar-refractivity contribution in [2.24, 2.45) is 0 Å². The second kappa shape index (κ2) is 5.45. The van der Waals surface area contributed by atoms with E-state index >= 15 is 0 Å². The molecule has 0 saturated heterocycles. The molecule has 19 heavy (non-hydrogen) atoms. The first-order valence-electron chi connectivity index (χ1n) is 5.91. The van der Waals surface area contributed by atoms with E-state index in [4.69, 9.17) is 5.73 Å². The number of carbonyl (C=O) groups is 1. The Balaban J connectivity index is 2.23. The summed E-state index contributed by atoms with van der Waals surface area (Å²) in [5.74, 6) is -0.157. The van der Waals surface area contributed by atoms with Crippen molar-refractivity contribution in [2.45, 2.75) is 13.8 Å². The molecule has 0 aliphatic rings. The lowest BCUT2D eigenvalue weighted by Crippen LogP contribution is -2.12. The van der Waals surface area contributed by atoms with Crippen molar-refractivity contribution in [3.63, 3.8) is 0 Å². The summed E-state index contributed by atoms with van der Waals surface area (Å²) in [6.45, 7) is 3.91. The Morgan fingerprint density at radius 2 is 1.89 bits per heavy atom. The Labute approximate surface area is 121 Å². The van der Waals surface area contributed by atoms with E-state index in [1.54, 1.807) is 12.1 Å². The molecule has 98 valence electrons. The summed E-state index contributed by atoms with van der Waals surface area (Å²) < 4.78 is 0.782. The maximum Gasteiger partial charge on any atom is 0.256 e. The Hall–Kier alpha value is -1.81. The van der Waals surface area contributed by atoms with E-state index in [1.807, 2.05) is 38.1 Å². The normalized spacial score (nSPS) is 10.3. The summed E-state index contributed by atoms with van der Waals surface area (Å²) in [4.78, 5) is 12.2. The van der Waals surface area contributed by atoms with Crippen molar-refractivity contribution in [1.82, 2.24) is 0 Å². The number of nitrogen functional groups attached to an aromatic ring is 1. The molecular weight excluding hydrogens is 304 g/mol. The van der Waals surface area contributed by atoms with E-state index in [0.29, 0.717) is 16.9 Å². The van der Waals surface area contributed by atoms with Crippen molar-refractivity contribution in [3.05, 3.63) is 57.6 Å². The van der Waals surface area contributed by atoms with Gasteiger partial charge in [-0.15, -0.1) is 0 Å². The molecule has 0 radical (unpaired) electrons. The molecule has 4 heteroatoms. The number of amides is 1. The molecule has 0 spiro atoms. The fraction of sp³-hybridized carbons (Fsp3) is 0.133. The molecule has 1 amide bonds. The fourth-order valence-corrected chi connectivity index (χ4v) is 2.39. The first-order valence-corrected chi connectivity index (χ1v) is 6.70. The number of benzene rings is 2. The van der Waals surface area contributed by atoms with Crippen LogP contribution in [0, 0.1) is 13.8 Å². The fourth-order valence-electron chi connectivity index (χ4n) is 1.72. The van der Waals surface area contributed by atoms with Gasteiger partial charge in [0, 0.05) is 15.8 Å². The predicted molar refractivity (Wildman–Crippen MR) is 82.4 cm³/mol. The molecular formula is C15H15BrN2O. The van der Waals surface area contributed by atoms with Crippen LogP contribution in [0.3, 0.4) is 0 Å². The smallest absolute Gasteiger partial charge is 0.256 e. The van der Waals surface area contributed by atoms with Crippen LogP contribution in [0.15, 0.2) is 40.9 Å². The molecule has 2 aromatic carbocycles. The lowest BCUT2D eigenvalue weighted by molar-refractivity contribution is 0.102. The van der Waals surface area contributed by atoms with Crippen molar-refractivity contribution in [1.29, 1.82) is 0 Å². The van der Waals surface area contributed by atoms with Gasteiger partial charge in [-0.1, -0.05) is 12.1 Å². The van der Waals surface area contributed by atoms with Gasteiger partial charge in [-0.2, -0.15) is 0 Å². The van der Waals surface area contributed by atoms with Crippen LogP contribution >= 0.6 is 15.9 Å². The third-order valence-corrected chi connectivity index (χ3v) is 3.56. The van der Waals surface area contributed by atoms with Gasteiger partial charge < -0.3 is 11.1 Å². The minimum atomic E-state index is -0.157. The topological polar surface area (TPSA) is 55.1 Å². The van der Waals surface area contributed by atoms with Gasteiger partial charge in [-0.3, -0.25) is 4.79 Å². The van der Waals surface area contributed by atoms with E-state index in [0.717, 1.165) is 15.6 Å². The van der Waals surface area contributed by atoms with Crippen LogP contribution in [0.2, 0.25) is 0 Å². The minimum absolute atomic E-state index is 0.157. The highest BCUT2D eigenvalue weighted by Crippen LogP contribution is 2.21. The summed E-state index contributed by atoms with van der Waals surface area (Å²) in [5.41, 5.74) is 9.88. The third kappa shape index (κ3) is 3.15. The summed E-state index contributed by atoms with van der Waals surface area (Å²) >= 11 is 3.40. The molecule has 0 unspecified atom stereocenters. The van der Waals surface area contributed by atoms with Crippen LogP contribution in [-0.2, 0) is 0 Å². The van der Waals surface area contributed by atoms with Gasteiger partial charge in [0.25, 0.3) is 5.91 Å². The zero-order chi connectivity index (χ0) is 14.0. The summed E-state index contributed by atoms with van der Waals surface area (Å²) in [7, 11) is 0. The number of nitrogens with two attached hydrogens (primary N) is 1. The molecule has 0 fully saturated rings. The van der Waals surface area contributed by atoms with Crippen LogP contribution < -0.4 is 11.1 Å². The van der Waals surface area contributed by atoms with Crippen LogP contribution in [0.5, 0.6) is 0 Å². The Morgan fingerprint density at radius 3 is 2.53 bits per heavy atom. The second-order valence-electron chi connectivity index (χ2n) is 4.51. The third-order valence-electron chi connectivity index (χ3n) is 2.91. The van der Waals surface area contributed by atoms with Crippen LogP contribution in [0.25, 0.3) is 0 Å². The molecule has 0 heterocycles. The molecule has 0 aromatic heterocycles. The first-order chi connectivity index (χ1) is 8.97. The van der Waals surface area contributed by atoms with Crippen molar-refractivity contribution in [2.75, 3.05) is 11.1 Å². The largest absolute Gasteiger partial charge is 0.398 e. The zero-order valence-corrected chi connectivity index (χ0v) is 12.4. The highest BCUT2D eigenvalue weighted by Gasteiger charge is 2.10. The molecule has 0 saturated carbocycles. The number of aryl methyl sites for hydroxylation is 2. The quantitative estimate of drug-likeness (QED) is 0.825. The van der Waals surface area contributed by atoms with Gasteiger partial charge in [-0.05, 0) is 65.2 Å². The lowest BCUT2D eigenvalue weighted by Gasteiger charge is -2.09. The number of anilines is 2. The molecule has 0 aliphatic heterocycles. The Bertz CT molecular complexity index is 638. The molecule has 0 aliphatic carbocycles. The maximum absolute atomic E-state index is 12.2. The number of rotatable bonds is 2. The number of carbonyl (C=O) groups excluding carboxylic acids is 1. The number of halogens is 1. The van der Waals surface area contributed by atoms with Crippen LogP contribution in [0.4, 0.5) is 11.4 Å². The number of hydrogen-bond donors (Lipinski definition) is 2. The van der Waals surface area contributed by atoms with Gasteiger partial charge in [0.05, 0.1) is 5.56 Å². The highest BCUT2D eigenvalue weighted by molar-refractivity contribution is 9.10. The maximum atomic E-state index is 12.2. The minimum Gasteiger partial charge on any atom is -0.398 e. The first kappa shape index (κ1) is 13.6. The van der Waals surface area contributed by atoms with E-state index < -0.39 is 0 Å². The van der Waals surface area contributed by atoms with E-state index in [2.05, 4.69) is 21.2 Å². The molecule has 3 nitrogen and oxygen atoms in total. The van der Waals surface area contributed by atoms with Crippen molar-refractivity contribution < 1.29 is 4.79 Å². The van der Waals surface area contributed by atoms with Gasteiger partial charge in [-0.25, -0.2) is 0 Å². The zero-order valence-electron chi connectivity index (χ0n) is 10.8. The average molecular weight is 319 g/mol. The number of nitrogens with one attached hydrogen (secondary N) is 1. The van der Waals surface area contributed by atoms with Crippen LogP contribution in [-0.4, -0.2) is 5.91 Å². The molecule has 3 N–H and O–H groups in total. The molecule has 2 aromatic rings. The lowest BCUT2D eigenvalue weighted by atomic mass is 10.1. The predicted octanol–water partition coefficient (Wildman–Crippen LogP) is 3.90. The molecule has 2 rings (SSSR count). The molecule has 0 bridgehead atoms. The SMILES string of the molecule is Cc1ccc(C(=O)Nc2ccc(C)c(N)c2)c(Br)c1. The molecule has 0 atom stereocenters. The summed E-state index contributed by atoms with van der Waals surface area (Å²) in [6.07, 6.45) is 0. The van der Waals surface area contributed by atoms with Crippen molar-refractivity contribution in [3.8, 4) is 0 Å². The van der Waals surface area contributed by atoms with Gasteiger partial charge >= 0.3 is 0 Å². The van der Waals surface area contributed by atoms with Gasteiger partial charge in [0.2, 0.25) is 0 Å². The standard InChI is InChI=1S/C15H15BrN2O/c1-9-3-6-12(13(16)7-9)15(19)18-11-5-4-10(2)14(17)8-11/h3-8H,17H2,1-2H3,(H,18,19). The summed E-state index contributed by atoms with van der Waals surface area (Å²) in [6, 6.07) is 11.1. The Morgan fingerprint density at radius 1 is 1.16 bits per heavy atom. The van der Waals surface area contributed by atoms with Crippen LogP contribution in [0.1, 0.15) is 21.5 Å². The monoisotopic (exact) mass is 318 g/mol. The Kier molecular flexibility index (Phi) is 3.90. The van der Waals surface area contributed by atoms with E-state index in [9.17, 15) is 4.79 Å². The second-order valence-corrected chi connectivity index (χ2v) is 5.36. The van der Waals surface area contributed by atoms with E-state index in [1.165, 1.54) is 0 Å². The van der Waals surface area contributed by atoms with Gasteiger partial charge in [0.15, 0.2) is 0 Å². The summed E-state index contributed by atoms with van der Waals surface area (Å²) in [5, 5.41) is 2.84. The van der Waals surface area contributed by atoms with Crippen molar-refractivity contribution >= 4 is 33.2 Å². The highest BCUT2D eigenvalue weighted by atomic mass is 79.9. The number of hydrogen-bond acceptors (Lipinski definition) is 2. The average Bonchev–Trinajstić information content (AvgIpc) is 2.33. The van der Waals surface area contributed by atoms with Gasteiger partial charge in [0.1, 0.15) is 0 Å². The van der Waals surface area contributed by atoms with E-state index in [-0.39, 0.29) is 5.91 Å².